The third kappa shape index (κ3) is 3.53. The van der Waals surface area contributed by atoms with Gasteiger partial charge in [0.2, 0.25) is 5.91 Å². The Morgan fingerprint density at radius 1 is 1.20 bits per heavy atom. The largest absolute Gasteiger partial charge is 0.372 e. The second-order valence-corrected chi connectivity index (χ2v) is 6.33. The molecular weight excluding hydrogens is 252 g/mol. The molecule has 0 bridgehead atoms. The number of amides is 1. The van der Waals surface area contributed by atoms with Crippen LogP contribution in [0.3, 0.4) is 0 Å². The highest BCUT2D eigenvalue weighted by molar-refractivity contribution is 5.80. The van der Waals surface area contributed by atoms with Gasteiger partial charge in [-0.25, -0.2) is 0 Å². The molecule has 1 amide bonds. The van der Waals surface area contributed by atoms with Crippen molar-refractivity contribution in [2.45, 2.75) is 69.9 Å². The molecule has 2 rings (SSSR count). The molecule has 1 N–H and O–H groups in total. The lowest BCUT2D eigenvalue weighted by Crippen LogP contribution is -2.56. The molecule has 1 saturated heterocycles. The number of likely N-dealkylation sites (tertiary alicyclic amines) is 1. The van der Waals surface area contributed by atoms with Crippen molar-refractivity contribution in [3.8, 4) is 0 Å². The monoisotopic (exact) mass is 282 g/mol. The van der Waals surface area contributed by atoms with Crippen LogP contribution < -0.4 is 5.32 Å². The van der Waals surface area contributed by atoms with Crippen LogP contribution >= 0.6 is 0 Å². The van der Waals surface area contributed by atoms with E-state index in [0.717, 1.165) is 13.0 Å². The lowest BCUT2D eigenvalue weighted by Gasteiger charge is -2.44. The summed E-state index contributed by atoms with van der Waals surface area (Å²) in [7, 11) is 1.61. The summed E-state index contributed by atoms with van der Waals surface area (Å²) in [4.78, 5) is 14.8. The van der Waals surface area contributed by atoms with Crippen LogP contribution in [0.1, 0.15) is 58.3 Å². The molecule has 0 aromatic rings. The topological polar surface area (TPSA) is 41.6 Å². The molecule has 1 aliphatic carbocycles. The molecule has 4 nitrogen and oxygen atoms in total. The van der Waals surface area contributed by atoms with E-state index >= 15 is 0 Å². The van der Waals surface area contributed by atoms with Gasteiger partial charge >= 0.3 is 0 Å². The van der Waals surface area contributed by atoms with E-state index in [1.807, 2.05) is 6.92 Å². The van der Waals surface area contributed by atoms with E-state index in [4.69, 9.17) is 4.74 Å². The maximum Gasteiger partial charge on any atom is 0.249 e. The quantitative estimate of drug-likeness (QED) is 0.813. The maximum absolute atomic E-state index is 12.1. The van der Waals surface area contributed by atoms with Gasteiger partial charge in [0.05, 0.1) is 0 Å². The zero-order chi connectivity index (χ0) is 14.4. The molecule has 116 valence electrons. The van der Waals surface area contributed by atoms with Crippen LogP contribution in [0.4, 0.5) is 0 Å². The van der Waals surface area contributed by atoms with Crippen molar-refractivity contribution >= 4 is 5.91 Å². The van der Waals surface area contributed by atoms with Gasteiger partial charge in [-0.2, -0.15) is 0 Å². The summed E-state index contributed by atoms with van der Waals surface area (Å²) in [5, 5.41) is 3.16. The van der Waals surface area contributed by atoms with E-state index in [2.05, 4.69) is 10.2 Å². The van der Waals surface area contributed by atoms with Crippen molar-refractivity contribution in [3.63, 3.8) is 0 Å². The summed E-state index contributed by atoms with van der Waals surface area (Å²) in [5.74, 6) is 0.0540. The second-order valence-electron chi connectivity index (χ2n) is 6.33. The second kappa shape index (κ2) is 7.41. The van der Waals surface area contributed by atoms with Gasteiger partial charge in [0.15, 0.2) is 0 Å². The first-order valence-corrected chi connectivity index (χ1v) is 8.27. The van der Waals surface area contributed by atoms with Gasteiger partial charge in [0, 0.05) is 19.2 Å². The fourth-order valence-corrected chi connectivity index (χ4v) is 3.83. The summed E-state index contributed by atoms with van der Waals surface area (Å²) < 4.78 is 5.23. The molecule has 0 radical (unpaired) electrons. The van der Waals surface area contributed by atoms with Crippen molar-refractivity contribution in [2.75, 3.05) is 26.7 Å². The van der Waals surface area contributed by atoms with Crippen LogP contribution in [0, 0.1) is 0 Å². The normalized spacial score (nSPS) is 24.5. The molecule has 0 aromatic carbocycles. The Kier molecular flexibility index (Phi) is 5.85. The molecule has 2 aliphatic rings. The fraction of sp³-hybridized carbons (Fsp3) is 0.938. The molecule has 1 atom stereocenters. The first-order chi connectivity index (χ1) is 9.72. The van der Waals surface area contributed by atoms with Gasteiger partial charge in [0.1, 0.15) is 6.10 Å². The molecule has 1 heterocycles. The molecule has 0 spiro atoms. The number of hydrogen-bond donors (Lipinski definition) is 1. The minimum atomic E-state index is -0.296. The van der Waals surface area contributed by atoms with E-state index in [1.165, 1.54) is 58.0 Å². The summed E-state index contributed by atoms with van der Waals surface area (Å²) in [6.07, 6.45) is 9.49. The lowest BCUT2D eigenvalue weighted by molar-refractivity contribution is -0.132. The predicted molar refractivity (Wildman–Crippen MR) is 80.7 cm³/mol. The minimum absolute atomic E-state index is 0.0540. The Bertz CT molecular complexity index is 304. The number of piperidine rings is 1. The SMILES string of the molecule is CCC(OC)C(=O)NCC1(N2CCCCC2)CCCC1. The third-order valence-electron chi connectivity index (χ3n) is 5.10. The first kappa shape index (κ1) is 15.8. The zero-order valence-corrected chi connectivity index (χ0v) is 13.1. The Morgan fingerprint density at radius 3 is 2.40 bits per heavy atom. The van der Waals surface area contributed by atoms with E-state index in [0.29, 0.717) is 0 Å². The lowest BCUT2D eigenvalue weighted by atomic mass is 9.92. The number of carbonyl (C=O) groups excluding carboxylic acids is 1. The number of carbonyl (C=O) groups is 1. The highest BCUT2D eigenvalue weighted by Crippen LogP contribution is 2.36. The van der Waals surface area contributed by atoms with Gasteiger partial charge in [-0.15, -0.1) is 0 Å². The van der Waals surface area contributed by atoms with Crippen LogP contribution in [0.25, 0.3) is 0 Å². The predicted octanol–water partition coefficient (Wildman–Crippen LogP) is 2.33. The van der Waals surface area contributed by atoms with Crippen molar-refractivity contribution in [1.82, 2.24) is 10.2 Å². The molecule has 2 fully saturated rings. The Balaban J connectivity index is 1.93. The molecule has 1 aliphatic heterocycles. The first-order valence-electron chi connectivity index (χ1n) is 8.27. The summed E-state index contributed by atoms with van der Waals surface area (Å²) in [5.41, 5.74) is 0.224. The van der Waals surface area contributed by atoms with Gasteiger partial charge in [-0.3, -0.25) is 9.69 Å². The number of ether oxygens (including phenoxy) is 1. The Labute approximate surface area is 123 Å². The van der Waals surface area contributed by atoms with Gasteiger partial charge in [-0.05, 0) is 45.2 Å². The highest BCUT2D eigenvalue weighted by atomic mass is 16.5. The highest BCUT2D eigenvalue weighted by Gasteiger charge is 2.40. The average Bonchev–Trinajstić information content (AvgIpc) is 2.97. The number of nitrogens with zero attached hydrogens (tertiary/aromatic N) is 1. The average molecular weight is 282 g/mol. The number of nitrogens with one attached hydrogen (secondary N) is 1. The molecule has 1 unspecified atom stereocenters. The minimum Gasteiger partial charge on any atom is -0.372 e. The standard InChI is InChI=1S/C16H30N2O2/c1-3-14(20-2)15(19)17-13-16(9-5-6-10-16)18-11-7-4-8-12-18/h14H,3-13H2,1-2H3,(H,17,19). The van der Waals surface area contributed by atoms with E-state index in [1.54, 1.807) is 7.11 Å². The Morgan fingerprint density at radius 2 is 1.85 bits per heavy atom. The van der Waals surface area contributed by atoms with Gasteiger partial charge in [-0.1, -0.05) is 26.2 Å². The van der Waals surface area contributed by atoms with Crippen LogP contribution in [-0.2, 0) is 9.53 Å². The van der Waals surface area contributed by atoms with Crippen LogP contribution in [0.2, 0.25) is 0 Å². The van der Waals surface area contributed by atoms with Crippen LogP contribution in [0.5, 0.6) is 0 Å². The molecule has 20 heavy (non-hydrogen) atoms. The zero-order valence-electron chi connectivity index (χ0n) is 13.1. The van der Waals surface area contributed by atoms with Crippen LogP contribution in [0.15, 0.2) is 0 Å². The molecule has 1 saturated carbocycles. The van der Waals surface area contributed by atoms with Crippen molar-refractivity contribution in [1.29, 1.82) is 0 Å². The van der Waals surface area contributed by atoms with E-state index in [-0.39, 0.29) is 17.6 Å². The molecule has 0 aromatic heterocycles. The molecular formula is C16H30N2O2. The van der Waals surface area contributed by atoms with Crippen LogP contribution in [-0.4, -0.2) is 49.2 Å². The molecule has 4 heteroatoms. The number of rotatable bonds is 6. The number of methoxy groups -OCH3 is 1. The smallest absolute Gasteiger partial charge is 0.249 e. The third-order valence-corrected chi connectivity index (χ3v) is 5.10. The van der Waals surface area contributed by atoms with E-state index in [9.17, 15) is 4.79 Å². The van der Waals surface area contributed by atoms with E-state index < -0.39 is 0 Å². The summed E-state index contributed by atoms with van der Waals surface area (Å²) >= 11 is 0. The van der Waals surface area contributed by atoms with Crippen molar-refractivity contribution in [2.24, 2.45) is 0 Å². The number of hydrogen-bond acceptors (Lipinski definition) is 3. The van der Waals surface area contributed by atoms with Gasteiger partial charge < -0.3 is 10.1 Å². The van der Waals surface area contributed by atoms with Crippen molar-refractivity contribution in [3.05, 3.63) is 0 Å². The fourth-order valence-electron chi connectivity index (χ4n) is 3.83. The Hall–Kier alpha value is -0.610. The maximum atomic E-state index is 12.1. The van der Waals surface area contributed by atoms with Crippen molar-refractivity contribution < 1.29 is 9.53 Å². The summed E-state index contributed by atoms with van der Waals surface area (Å²) in [6, 6.07) is 0. The van der Waals surface area contributed by atoms with Gasteiger partial charge in [0.25, 0.3) is 0 Å². The summed E-state index contributed by atoms with van der Waals surface area (Å²) in [6.45, 7) is 5.20.